The molecule has 0 radical (unpaired) electrons. The first-order valence-corrected chi connectivity index (χ1v) is 11.0. The Labute approximate surface area is 126 Å². The minimum absolute atomic E-state index is 0.833. The van der Waals surface area contributed by atoms with Crippen LogP contribution in [0.3, 0.4) is 0 Å². The summed E-state index contributed by atoms with van der Waals surface area (Å²) in [4.78, 5) is 45.3. The van der Waals surface area contributed by atoms with Crippen LogP contribution in [0.4, 0.5) is 0 Å². The molecule has 0 heterocycles. The molecule has 0 aromatic heterocycles. The second kappa shape index (κ2) is 17.1. The molecular weight excluding hydrogens is 330 g/mol. The molecule has 10 heteroatoms. The molecule has 6 N–H and O–H groups in total. The highest BCUT2D eigenvalue weighted by Crippen LogP contribution is 2.26. The van der Waals surface area contributed by atoms with E-state index in [9.17, 15) is 0 Å². The molecule has 0 fully saturated rings. The second-order valence-electron chi connectivity index (χ2n) is 4.11. The van der Waals surface area contributed by atoms with Crippen LogP contribution in [0.15, 0.2) is 0 Å². The van der Waals surface area contributed by atoms with E-state index in [-0.39, 0.29) is 0 Å². The summed E-state index contributed by atoms with van der Waals surface area (Å²) in [6.07, 6.45) is 4.08. The van der Waals surface area contributed by atoms with E-state index in [0.717, 1.165) is 5.92 Å². The van der Waals surface area contributed by atoms with Gasteiger partial charge >= 0.3 is 13.4 Å². The van der Waals surface area contributed by atoms with E-state index in [0.29, 0.717) is 0 Å². The second-order valence-corrected chi connectivity index (χ2v) is 9.10. The van der Waals surface area contributed by atoms with Crippen LogP contribution in [0.1, 0.15) is 53.9 Å². The molecule has 0 spiro atoms. The zero-order valence-electron chi connectivity index (χ0n) is 12.1. The fourth-order valence-corrected chi connectivity index (χ4v) is 0.354. The van der Waals surface area contributed by atoms with Gasteiger partial charge in [-0.15, -0.1) is 0 Å². The Balaban J connectivity index is -0.0000000793. The number of hydrogen-bond donors (Lipinski definition) is 6. The Morgan fingerprint density at radius 2 is 0.842 bits per heavy atom. The van der Waals surface area contributed by atoms with Crippen LogP contribution in [0, 0.1) is 5.92 Å². The van der Waals surface area contributed by atoms with E-state index >= 15 is 0 Å². The highest BCUT2D eigenvalue weighted by Gasteiger charge is 1.92. The largest absolute Gasteiger partial charge is 0.325 e. The molecule has 0 atom stereocenters. The first-order valence-electron chi connectivity index (χ1n) is 5.71. The fourth-order valence-electron chi connectivity index (χ4n) is 0.354. The minimum Gasteiger partial charge on any atom is -0.325 e. The van der Waals surface area contributed by atoms with E-state index < -0.39 is 13.4 Å². The smallest absolute Gasteiger partial charge is 0.319 e. The molecule has 0 aromatic carbocycles. The zero-order chi connectivity index (χ0) is 16.7. The summed E-state index contributed by atoms with van der Waals surface area (Å²) in [6, 6.07) is 0. The van der Waals surface area contributed by atoms with Crippen molar-refractivity contribution in [2.75, 3.05) is 0 Å². The SMILES string of the molecule is CC(C)C.CCCCC.OP(O)(O)=S.OP(O)(O)=S. The lowest BCUT2D eigenvalue weighted by atomic mass is 10.3. The van der Waals surface area contributed by atoms with Crippen molar-refractivity contribution in [3.05, 3.63) is 0 Å². The van der Waals surface area contributed by atoms with Gasteiger partial charge in [0.15, 0.2) is 0 Å². The molecule has 0 amide bonds. The van der Waals surface area contributed by atoms with E-state index in [4.69, 9.17) is 29.4 Å². The molecule has 0 unspecified atom stereocenters. The van der Waals surface area contributed by atoms with Crippen LogP contribution < -0.4 is 0 Å². The third kappa shape index (κ3) is 592. The maximum Gasteiger partial charge on any atom is 0.319 e. The summed E-state index contributed by atoms with van der Waals surface area (Å²) in [5, 5.41) is 0. The Morgan fingerprint density at radius 1 is 0.737 bits per heavy atom. The monoisotopic (exact) mass is 358 g/mol. The molecular formula is C9H28O6P2S2. The maximum absolute atomic E-state index is 7.56. The summed E-state index contributed by atoms with van der Waals surface area (Å²) >= 11 is 7.21. The Hall–Kier alpha value is 1.06. The van der Waals surface area contributed by atoms with Crippen LogP contribution in [0.2, 0.25) is 0 Å². The normalized spacial score (nSPS) is 10.3. The summed E-state index contributed by atoms with van der Waals surface area (Å²) in [7, 11) is 0. The van der Waals surface area contributed by atoms with Crippen molar-refractivity contribution in [2.45, 2.75) is 53.9 Å². The van der Waals surface area contributed by atoms with Crippen molar-refractivity contribution in [2.24, 2.45) is 5.92 Å². The maximum atomic E-state index is 7.56. The summed E-state index contributed by atoms with van der Waals surface area (Å²) in [5.41, 5.74) is 0. The molecule has 0 bridgehead atoms. The molecule has 19 heavy (non-hydrogen) atoms. The van der Waals surface area contributed by atoms with Crippen molar-refractivity contribution in [3.8, 4) is 0 Å². The third-order valence-electron chi connectivity index (χ3n) is 0.707. The van der Waals surface area contributed by atoms with Crippen molar-refractivity contribution < 1.29 is 29.4 Å². The first-order chi connectivity index (χ1) is 8.15. The summed E-state index contributed by atoms with van der Waals surface area (Å²) in [6.45, 7) is 3.31. The van der Waals surface area contributed by atoms with E-state index in [2.05, 4.69) is 58.2 Å². The van der Waals surface area contributed by atoms with Crippen LogP contribution in [0.5, 0.6) is 0 Å². The van der Waals surface area contributed by atoms with E-state index in [1.54, 1.807) is 0 Å². The molecule has 0 rings (SSSR count). The van der Waals surface area contributed by atoms with Crippen molar-refractivity contribution in [1.82, 2.24) is 0 Å². The average molecular weight is 358 g/mol. The van der Waals surface area contributed by atoms with Crippen LogP contribution in [-0.4, -0.2) is 29.4 Å². The lowest BCUT2D eigenvalue weighted by molar-refractivity contribution is 0.361. The van der Waals surface area contributed by atoms with E-state index in [1.807, 2.05) is 0 Å². The first kappa shape index (κ1) is 28.3. The van der Waals surface area contributed by atoms with Crippen LogP contribution in [0.25, 0.3) is 0 Å². The van der Waals surface area contributed by atoms with Gasteiger partial charge in [0.25, 0.3) is 0 Å². The fraction of sp³-hybridized carbons (Fsp3) is 1.00. The van der Waals surface area contributed by atoms with Gasteiger partial charge < -0.3 is 29.4 Å². The summed E-state index contributed by atoms with van der Waals surface area (Å²) in [5.74, 6) is 0.833. The van der Waals surface area contributed by atoms with Gasteiger partial charge in [0, 0.05) is 0 Å². The van der Waals surface area contributed by atoms with Gasteiger partial charge in [0.05, 0.1) is 0 Å². The number of hydrogen-bond acceptors (Lipinski definition) is 2. The van der Waals surface area contributed by atoms with Gasteiger partial charge in [-0.1, -0.05) is 53.9 Å². The standard InChI is InChI=1S/C5H12.C4H10.2H3O3PS/c1-3-5-4-2;1-4(2)3;2*1-4(2,3)5/h3-5H2,1-2H3;4H,1-3H3;2*(H3,1,2,3,5). The average Bonchev–Trinajstić information content (AvgIpc) is 1.96. The van der Waals surface area contributed by atoms with Crippen LogP contribution >= 0.6 is 13.4 Å². The zero-order valence-corrected chi connectivity index (χ0v) is 15.5. The van der Waals surface area contributed by atoms with Crippen LogP contribution in [-0.2, 0) is 23.6 Å². The molecule has 0 aliphatic heterocycles. The molecule has 0 saturated carbocycles. The van der Waals surface area contributed by atoms with Gasteiger partial charge in [0.2, 0.25) is 0 Å². The van der Waals surface area contributed by atoms with Gasteiger partial charge in [-0.3, -0.25) is 0 Å². The molecule has 122 valence electrons. The van der Waals surface area contributed by atoms with Gasteiger partial charge in [0.1, 0.15) is 0 Å². The molecule has 0 aliphatic rings. The molecule has 0 aliphatic carbocycles. The Bertz CT molecular complexity index is 210. The molecule has 6 nitrogen and oxygen atoms in total. The minimum atomic E-state index is -3.81. The van der Waals surface area contributed by atoms with Crippen molar-refractivity contribution >= 4 is 37.1 Å². The van der Waals surface area contributed by atoms with Gasteiger partial charge in [-0.25, -0.2) is 0 Å². The quantitative estimate of drug-likeness (QED) is 0.416. The predicted molar refractivity (Wildman–Crippen MR) is 87.6 cm³/mol. The molecule has 0 saturated heterocycles. The lowest BCUT2D eigenvalue weighted by Gasteiger charge is -1.88. The topological polar surface area (TPSA) is 121 Å². The number of unbranched alkanes of at least 4 members (excludes halogenated alkanes) is 2. The highest BCUT2D eigenvalue weighted by molar-refractivity contribution is 8.06. The number of rotatable bonds is 2. The summed E-state index contributed by atoms with van der Waals surface area (Å²) < 4.78 is 0. The highest BCUT2D eigenvalue weighted by atomic mass is 32.5. The Kier molecular flexibility index (Phi) is 25.4. The van der Waals surface area contributed by atoms with Crippen molar-refractivity contribution in [3.63, 3.8) is 0 Å². The van der Waals surface area contributed by atoms with E-state index in [1.165, 1.54) is 19.3 Å². The van der Waals surface area contributed by atoms with Crippen molar-refractivity contribution in [1.29, 1.82) is 0 Å². The Morgan fingerprint density at radius 3 is 0.842 bits per heavy atom. The third-order valence-corrected chi connectivity index (χ3v) is 0.707. The lowest BCUT2D eigenvalue weighted by Crippen LogP contribution is -1.66. The van der Waals surface area contributed by atoms with Gasteiger partial charge in [-0.05, 0) is 29.5 Å². The van der Waals surface area contributed by atoms with Gasteiger partial charge in [-0.2, -0.15) is 0 Å². The molecule has 0 aromatic rings. The predicted octanol–water partition coefficient (Wildman–Crippen LogP) is 2.23.